The number of hydrogen-bond donors (Lipinski definition) is 1. The Morgan fingerprint density at radius 3 is 2.13 bits per heavy atom. The van der Waals surface area contributed by atoms with E-state index in [-0.39, 0.29) is 12.2 Å². The van der Waals surface area contributed by atoms with Crippen LogP contribution in [0.25, 0.3) is 0 Å². The molecule has 5 heteroatoms. The molecule has 39 heavy (non-hydrogen) atoms. The van der Waals surface area contributed by atoms with E-state index in [0.717, 1.165) is 41.1 Å². The number of aliphatic hydroxyl groups is 1. The second-order valence-corrected chi connectivity index (χ2v) is 11.0. The molecule has 1 saturated carbocycles. The highest BCUT2D eigenvalue weighted by Gasteiger charge is 2.25. The predicted molar refractivity (Wildman–Crippen MR) is 174 cm³/mol. The van der Waals surface area contributed by atoms with E-state index in [0.29, 0.717) is 6.42 Å². The Morgan fingerprint density at radius 1 is 1.08 bits per heavy atom. The van der Waals surface area contributed by atoms with Gasteiger partial charge in [0.05, 0.1) is 18.4 Å². The second-order valence-electron chi connectivity index (χ2n) is 10.4. The molecule has 0 bridgehead atoms. The highest BCUT2D eigenvalue weighted by molar-refractivity contribution is 7.28. The van der Waals surface area contributed by atoms with E-state index in [1.54, 1.807) is 14.0 Å². The molecule has 1 aliphatic carbocycles. The number of aliphatic imine (C=N–C) groups is 1. The number of carbonyl (C=O) groups is 1. The molecule has 2 aromatic rings. The normalized spacial score (nSPS) is 14.2. The molecule has 2 aromatic carbocycles. The zero-order chi connectivity index (χ0) is 29.8. The fourth-order valence-electron chi connectivity index (χ4n) is 3.95. The number of unbranched alkanes of at least 4 members (excludes halogenated alkanes) is 1. The number of hydrogen-bond acceptors (Lipinski definition) is 4. The number of methoxy groups -OCH3 is 1. The van der Waals surface area contributed by atoms with Gasteiger partial charge in [0.15, 0.2) is 0 Å². The number of ketones is 1. The van der Waals surface area contributed by atoms with E-state index in [1.807, 2.05) is 63.2 Å². The van der Waals surface area contributed by atoms with Crippen LogP contribution >= 0.6 is 9.24 Å². The van der Waals surface area contributed by atoms with Gasteiger partial charge in [0.2, 0.25) is 0 Å². The van der Waals surface area contributed by atoms with Gasteiger partial charge in [-0.3, -0.25) is 9.79 Å². The van der Waals surface area contributed by atoms with Crippen LogP contribution in [0, 0.1) is 12.8 Å². The molecule has 0 saturated heterocycles. The van der Waals surface area contributed by atoms with Crippen LogP contribution < -0.4 is 10.0 Å². The largest absolute Gasteiger partial charge is 0.496 e. The summed E-state index contributed by atoms with van der Waals surface area (Å²) < 4.78 is 5.28. The van der Waals surface area contributed by atoms with Crippen molar-refractivity contribution in [2.75, 3.05) is 7.11 Å². The number of rotatable bonds is 10. The van der Waals surface area contributed by atoms with Crippen LogP contribution in [-0.2, 0) is 10.4 Å². The van der Waals surface area contributed by atoms with Crippen LogP contribution in [0.5, 0.6) is 5.75 Å². The van der Waals surface area contributed by atoms with Crippen molar-refractivity contribution in [3.8, 4) is 5.75 Å². The van der Waals surface area contributed by atoms with Crippen molar-refractivity contribution in [3.05, 3.63) is 53.6 Å². The maximum absolute atomic E-state index is 11.5. The number of carbonyl (C=O) groups excluding carboxylic acids is 1. The Bertz CT molecular complexity index is 966. The van der Waals surface area contributed by atoms with Gasteiger partial charge in [-0.1, -0.05) is 90.6 Å². The summed E-state index contributed by atoms with van der Waals surface area (Å²) in [6.45, 7) is 16.3. The third-order valence-corrected chi connectivity index (χ3v) is 7.45. The Morgan fingerprint density at radius 2 is 1.67 bits per heavy atom. The molecular weight excluding hydrogens is 501 g/mol. The van der Waals surface area contributed by atoms with Crippen LogP contribution in [0.3, 0.4) is 0 Å². The molecular formula is C34H56NO3P. The van der Waals surface area contributed by atoms with Crippen LogP contribution in [0.15, 0.2) is 47.5 Å². The van der Waals surface area contributed by atoms with Crippen molar-refractivity contribution in [2.45, 2.75) is 119 Å². The maximum Gasteiger partial charge on any atom is 0.136 e. The quantitative estimate of drug-likeness (QED) is 0.234. The zero-order valence-corrected chi connectivity index (χ0v) is 27.4. The van der Waals surface area contributed by atoms with Gasteiger partial charge in [0.1, 0.15) is 11.5 Å². The second kappa shape index (κ2) is 20.8. The van der Waals surface area contributed by atoms with Crippen molar-refractivity contribution in [3.63, 3.8) is 0 Å². The molecule has 1 aliphatic rings. The van der Waals surface area contributed by atoms with Crippen LogP contribution in [0.1, 0.15) is 117 Å². The van der Waals surface area contributed by atoms with Crippen LogP contribution in [-0.4, -0.2) is 23.7 Å². The minimum absolute atomic E-state index is 0.117. The molecule has 1 N–H and O–H groups in total. The van der Waals surface area contributed by atoms with E-state index >= 15 is 0 Å². The molecule has 0 aromatic heterocycles. The predicted octanol–water partition coefficient (Wildman–Crippen LogP) is 9.27. The zero-order valence-electron chi connectivity index (χ0n) is 26.3. The topological polar surface area (TPSA) is 58.9 Å². The Hall–Kier alpha value is -2.03. The number of Topliss-reactive ketones (excluding diaryl/α,β-unsaturated/α-hetero) is 1. The minimum Gasteiger partial charge on any atom is -0.496 e. The lowest BCUT2D eigenvalue weighted by Gasteiger charge is -2.22. The Labute approximate surface area is 242 Å². The molecule has 2 atom stereocenters. The monoisotopic (exact) mass is 557 g/mol. The van der Waals surface area contributed by atoms with Gasteiger partial charge < -0.3 is 9.84 Å². The number of nitrogens with zero attached hydrogens (tertiary/aromatic N) is 1. The summed E-state index contributed by atoms with van der Waals surface area (Å²) in [6, 6.07) is 13.3. The summed E-state index contributed by atoms with van der Waals surface area (Å²) in [5.41, 5.74) is 3.18. The molecule has 0 amide bonds. The van der Waals surface area contributed by atoms with Gasteiger partial charge in [0.25, 0.3) is 0 Å². The summed E-state index contributed by atoms with van der Waals surface area (Å²) in [5.74, 6) is 2.08. The van der Waals surface area contributed by atoms with Crippen molar-refractivity contribution < 1.29 is 14.6 Å². The van der Waals surface area contributed by atoms with Gasteiger partial charge in [-0.05, 0) is 69.2 Å². The lowest BCUT2D eigenvalue weighted by molar-refractivity contribution is -0.123. The third kappa shape index (κ3) is 14.8. The van der Waals surface area contributed by atoms with Gasteiger partial charge in [-0.2, -0.15) is 0 Å². The highest BCUT2D eigenvalue weighted by Crippen LogP contribution is 2.26. The SMILES string of the molecule is CC.CC1CCC1.CCCC(=O)CC(C)(O)c1ccccc1.CCCCC(C)=Nc1ccc(OC)c(P)c1C. The average molecular weight is 558 g/mol. The molecule has 0 heterocycles. The van der Waals surface area contributed by atoms with Crippen molar-refractivity contribution in [1.29, 1.82) is 0 Å². The van der Waals surface area contributed by atoms with E-state index in [4.69, 9.17) is 4.74 Å². The van der Waals surface area contributed by atoms with E-state index in [2.05, 4.69) is 41.9 Å². The lowest BCUT2D eigenvalue weighted by Crippen LogP contribution is -2.25. The Balaban J connectivity index is 0.000000597. The van der Waals surface area contributed by atoms with Gasteiger partial charge in [-0.15, -0.1) is 9.24 Å². The number of benzene rings is 2. The standard InChI is InChI=1S/C14H22NOP.C13H18O2.C5H10.C2H6/c1-5-6-7-10(2)15-12-8-9-13(16-4)14(17)11(12)3;1-3-7-12(14)10-13(2,15)11-8-5-4-6-9-11;1-5-3-2-4-5;1-2/h8-9H,5-7,17H2,1-4H3;4-6,8-9,15H,3,7,10H2,1-2H3;5H,2-4H2,1H3;1-2H3. The maximum atomic E-state index is 11.5. The third-order valence-electron chi connectivity index (χ3n) is 6.73. The summed E-state index contributed by atoms with van der Waals surface area (Å²) in [7, 11) is 4.42. The van der Waals surface area contributed by atoms with Crippen molar-refractivity contribution >= 4 is 31.7 Å². The first-order valence-corrected chi connectivity index (χ1v) is 15.4. The summed E-state index contributed by atoms with van der Waals surface area (Å²) >= 11 is 0. The number of ether oxygens (including phenoxy) is 1. The smallest absolute Gasteiger partial charge is 0.136 e. The molecule has 1 fully saturated rings. The van der Waals surface area contributed by atoms with Crippen molar-refractivity contribution in [1.82, 2.24) is 0 Å². The molecule has 0 aliphatic heterocycles. The highest BCUT2D eigenvalue weighted by atomic mass is 31.0. The van der Waals surface area contributed by atoms with E-state index < -0.39 is 5.60 Å². The van der Waals surface area contributed by atoms with Crippen molar-refractivity contribution in [2.24, 2.45) is 10.9 Å². The molecule has 3 rings (SSSR count). The van der Waals surface area contributed by atoms with Gasteiger partial charge >= 0.3 is 0 Å². The molecule has 2 unspecified atom stereocenters. The molecule has 220 valence electrons. The molecule has 0 spiro atoms. The first-order chi connectivity index (χ1) is 18.5. The fourth-order valence-corrected chi connectivity index (χ4v) is 4.31. The average Bonchev–Trinajstić information content (AvgIpc) is 2.91. The summed E-state index contributed by atoms with van der Waals surface area (Å²) in [4.78, 5) is 16.2. The van der Waals surface area contributed by atoms with Gasteiger partial charge in [0, 0.05) is 23.9 Å². The molecule has 4 nitrogen and oxygen atoms in total. The fraction of sp³-hybridized carbons (Fsp3) is 0.588. The summed E-state index contributed by atoms with van der Waals surface area (Å²) in [6.07, 6.45) is 9.54. The summed E-state index contributed by atoms with van der Waals surface area (Å²) in [5, 5.41) is 11.3. The Kier molecular flexibility index (Phi) is 19.7. The van der Waals surface area contributed by atoms with Crippen LogP contribution in [0.2, 0.25) is 0 Å². The first-order valence-electron chi connectivity index (χ1n) is 14.8. The van der Waals surface area contributed by atoms with E-state index in [1.165, 1.54) is 43.4 Å². The van der Waals surface area contributed by atoms with E-state index in [9.17, 15) is 9.90 Å². The minimum atomic E-state index is -1.03. The first kappa shape index (κ1) is 37.0. The lowest BCUT2D eigenvalue weighted by atomic mass is 9.88. The van der Waals surface area contributed by atoms with Crippen LogP contribution in [0.4, 0.5) is 5.69 Å². The van der Waals surface area contributed by atoms with Gasteiger partial charge in [-0.25, -0.2) is 0 Å². The molecule has 0 radical (unpaired) electrons.